The molecule has 3 atom stereocenters. The third kappa shape index (κ3) is 4.38. The first-order chi connectivity index (χ1) is 10.7. The standard InChI is InChI=1S/C18H27NO4/c1-12-11-19(17(21)23-18(2,3)4)15(10-16(12)22-5)13-7-6-8-14(20)9-13/h6-9,12,15-16,20H,10-11H2,1-5H3/t12-,15-,16?/m1/s1. The normalized spacial score (nSPS) is 25.3. The van der Waals surface area contributed by atoms with Crippen LogP contribution in [0.3, 0.4) is 0 Å². The van der Waals surface area contributed by atoms with Crippen molar-refractivity contribution in [1.29, 1.82) is 0 Å². The molecule has 1 N–H and O–H groups in total. The second-order valence-corrected chi connectivity index (χ2v) is 7.23. The fraction of sp³-hybridized carbons (Fsp3) is 0.611. The minimum Gasteiger partial charge on any atom is -0.508 e. The molecule has 0 saturated carbocycles. The summed E-state index contributed by atoms with van der Waals surface area (Å²) in [5.41, 5.74) is 0.353. The maximum Gasteiger partial charge on any atom is 0.410 e. The summed E-state index contributed by atoms with van der Waals surface area (Å²) in [6, 6.07) is 6.87. The number of benzene rings is 1. The Bertz CT molecular complexity index is 552. The summed E-state index contributed by atoms with van der Waals surface area (Å²) in [5.74, 6) is 0.417. The highest BCUT2D eigenvalue weighted by atomic mass is 16.6. The number of amides is 1. The minimum atomic E-state index is -0.540. The topological polar surface area (TPSA) is 59.0 Å². The lowest BCUT2D eigenvalue weighted by Gasteiger charge is -2.43. The molecule has 0 radical (unpaired) electrons. The number of likely N-dealkylation sites (tertiary alicyclic amines) is 1. The smallest absolute Gasteiger partial charge is 0.410 e. The number of hydrogen-bond donors (Lipinski definition) is 1. The lowest BCUT2D eigenvalue weighted by atomic mass is 9.87. The van der Waals surface area contributed by atoms with Crippen LogP contribution in [0.25, 0.3) is 0 Å². The Hall–Kier alpha value is -1.75. The van der Waals surface area contributed by atoms with E-state index in [1.165, 1.54) is 0 Å². The number of nitrogens with zero attached hydrogens (tertiary/aromatic N) is 1. The summed E-state index contributed by atoms with van der Waals surface area (Å²) < 4.78 is 11.1. The monoisotopic (exact) mass is 321 g/mol. The third-order valence-electron chi connectivity index (χ3n) is 4.14. The summed E-state index contributed by atoms with van der Waals surface area (Å²) in [4.78, 5) is 14.4. The van der Waals surface area contributed by atoms with Crippen molar-refractivity contribution in [3.8, 4) is 5.75 Å². The van der Waals surface area contributed by atoms with E-state index in [9.17, 15) is 9.90 Å². The molecule has 0 aromatic heterocycles. The number of methoxy groups -OCH3 is 1. The maximum atomic E-state index is 12.6. The van der Waals surface area contributed by atoms with Gasteiger partial charge in [0, 0.05) is 19.6 Å². The highest BCUT2D eigenvalue weighted by molar-refractivity contribution is 5.69. The van der Waals surface area contributed by atoms with Crippen LogP contribution in [0.2, 0.25) is 0 Å². The summed E-state index contributed by atoms with van der Waals surface area (Å²) in [5, 5.41) is 9.76. The third-order valence-corrected chi connectivity index (χ3v) is 4.14. The summed E-state index contributed by atoms with van der Waals surface area (Å²) in [6.07, 6.45) is 0.425. The number of phenols is 1. The number of phenolic OH excluding ortho intramolecular Hbond substituents is 1. The van der Waals surface area contributed by atoms with Crippen LogP contribution in [0.4, 0.5) is 4.79 Å². The molecule has 2 rings (SSSR count). The quantitative estimate of drug-likeness (QED) is 0.902. The van der Waals surface area contributed by atoms with Gasteiger partial charge in [-0.15, -0.1) is 0 Å². The molecule has 1 heterocycles. The maximum absolute atomic E-state index is 12.6. The zero-order chi connectivity index (χ0) is 17.2. The number of rotatable bonds is 2. The van der Waals surface area contributed by atoms with E-state index in [4.69, 9.17) is 9.47 Å². The molecule has 1 unspecified atom stereocenters. The molecule has 1 aliphatic heterocycles. The van der Waals surface area contributed by atoms with Crippen molar-refractivity contribution in [2.24, 2.45) is 5.92 Å². The average molecular weight is 321 g/mol. The zero-order valence-electron chi connectivity index (χ0n) is 14.6. The Morgan fingerprint density at radius 2 is 2.04 bits per heavy atom. The number of aromatic hydroxyl groups is 1. The Morgan fingerprint density at radius 3 is 2.61 bits per heavy atom. The van der Waals surface area contributed by atoms with Crippen LogP contribution in [-0.2, 0) is 9.47 Å². The molecule has 128 valence electrons. The van der Waals surface area contributed by atoms with Gasteiger partial charge in [0.15, 0.2) is 0 Å². The van der Waals surface area contributed by atoms with Crippen molar-refractivity contribution in [3.63, 3.8) is 0 Å². The zero-order valence-corrected chi connectivity index (χ0v) is 14.6. The van der Waals surface area contributed by atoms with Crippen molar-refractivity contribution < 1.29 is 19.4 Å². The number of ether oxygens (including phenoxy) is 2. The second kappa shape index (κ2) is 6.79. The van der Waals surface area contributed by atoms with Crippen molar-refractivity contribution in [1.82, 2.24) is 4.90 Å². The van der Waals surface area contributed by atoms with E-state index in [0.29, 0.717) is 13.0 Å². The fourth-order valence-electron chi connectivity index (χ4n) is 3.03. The Morgan fingerprint density at radius 1 is 1.35 bits per heavy atom. The van der Waals surface area contributed by atoms with Crippen LogP contribution < -0.4 is 0 Å². The molecule has 5 heteroatoms. The van der Waals surface area contributed by atoms with Gasteiger partial charge in [-0.05, 0) is 44.9 Å². The van der Waals surface area contributed by atoms with Gasteiger partial charge in [-0.1, -0.05) is 19.1 Å². The number of hydrogen-bond acceptors (Lipinski definition) is 4. The fourth-order valence-corrected chi connectivity index (χ4v) is 3.03. The molecule has 0 aliphatic carbocycles. The lowest BCUT2D eigenvalue weighted by molar-refractivity contribution is -0.0417. The van der Waals surface area contributed by atoms with Gasteiger partial charge in [-0.2, -0.15) is 0 Å². The van der Waals surface area contributed by atoms with Gasteiger partial charge in [-0.25, -0.2) is 4.79 Å². The Kier molecular flexibility index (Phi) is 5.19. The molecule has 1 saturated heterocycles. The first kappa shape index (κ1) is 17.6. The van der Waals surface area contributed by atoms with Crippen LogP contribution in [0.1, 0.15) is 45.7 Å². The van der Waals surface area contributed by atoms with Crippen molar-refractivity contribution in [2.75, 3.05) is 13.7 Å². The van der Waals surface area contributed by atoms with Crippen molar-refractivity contribution >= 4 is 6.09 Å². The van der Waals surface area contributed by atoms with E-state index in [2.05, 4.69) is 6.92 Å². The van der Waals surface area contributed by atoms with E-state index in [1.807, 2.05) is 26.8 Å². The molecule has 1 aliphatic rings. The summed E-state index contributed by atoms with van der Waals surface area (Å²) in [6.45, 7) is 8.22. The Balaban J connectivity index is 2.30. The van der Waals surface area contributed by atoms with Gasteiger partial charge in [0.2, 0.25) is 0 Å². The molecule has 0 bridgehead atoms. The molecular weight excluding hydrogens is 294 g/mol. The predicted molar refractivity (Wildman–Crippen MR) is 88.4 cm³/mol. The van der Waals surface area contributed by atoms with Crippen LogP contribution in [-0.4, -0.2) is 41.5 Å². The number of carbonyl (C=O) groups is 1. The molecule has 1 aromatic rings. The molecule has 1 amide bonds. The highest BCUT2D eigenvalue weighted by Gasteiger charge is 2.38. The van der Waals surface area contributed by atoms with E-state index < -0.39 is 5.60 Å². The second-order valence-electron chi connectivity index (χ2n) is 7.23. The van der Waals surface area contributed by atoms with Gasteiger partial charge in [0.05, 0.1) is 12.1 Å². The van der Waals surface area contributed by atoms with E-state index in [1.54, 1.807) is 30.2 Å². The summed E-state index contributed by atoms with van der Waals surface area (Å²) in [7, 11) is 1.70. The first-order valence-corrected chi connectivity index (χ1v) is 8.02. The van der Waals surface area contributed by atoms with Gasteiger partial charge in [0.25, 0.3) is 0 Å². The van der Waals surface area contributed by atoms with Crippen LogP contribution >= 0.6 is 0 Å². The summed E-state index contributed by atoms with van der Waals surface area (Å²) >= 11 is 0. The van der Waals surface area contributed by atoms with Gasteiger partial charge in [-0.3, -0.25) is 0 Å². The van der Waals surface area contributed by atoms with Crippen molar-refractivity contribution in [3.05, 3.63) is 29.8 Å². The minimum absolute atomic E-state index is 0.0704. The number of carbonyl (C=O) groups excluding carboxylic acids is 1. The molecule has 23 heavy (non-hydrogen) atoms. The average Bonchev–Trinajstić information content (AvgIpc) is 2.45. The van der Waals surface area contributed by atoms with E-state index in [0.717, 1.165) is 5.56 Å². The largest absolute Gasteiger partial charge is 0.508 e. The van der Waals surface area contributed by atoms with Gasteiger partial charge >= 0.3 is 6.09 Å². The highest BCUT2D eigenvalue weighted by Crippen LogP contribution is 2.36. The molecular formula is C18H27NO4. The predicted octanol–water partition coefficient (Wildman–Crippen LogP) is 3.73. The van der Waals surface area contributed by atoms with E-state index >= 15 is 0 Å². The Labute approximate surface area is 138 Å². The SMILES string of the molecule is COC1C[C@H](c2cccc(O)c2)N(C(=O)OC(C)(C)C)C[C@H]1C. The molecule has 1 fully saturated rings. The molecule has 5 nitrogen and oxygen atoms in total. The first-order valence-electron chi connectivity index (χ1n) is 8.02. The van der Waals surface area contributed by atoms with Gasteiger partial charge < -0.3 is 19.5 Å². The molecule has 0 spiro atoms. The van der Waals surface area contributed by atoms with Crippen molar-refractivity contribution in [2.45, 2.75) is 51.9 Å². The number of piperidine rings is 1. The molecule has 1 aromatic carbocycles. The van der Waals surface area contributed by atoms with Crippen LogP contribution in [0.15, 0.2) is 24.3 Å². The van der Waals surface area contributed by atoms with Gasteiger partial charge in [0.1, 0.15) is 11.4 Å². The van der Waals surface area contributed by atoms with Crippen LogP contribution in [0.5, 0.6) is 5.75 Å². The van der Waals surface area contributed by atoms with E-state index in [-0.39, 0.29) is 29.9 Å². The van der Waals surface area contributed by atoms with Crippen LogP contribution in [0, 0.1) is 5.92 Å². The lowest BCUT2D eigenvalue weighted by Crippen LogP contribution is -2.49.